The first-order valence-corrected chi connectivity index (χ1v) is 7.15. The smallest absolute Gasteiger partial charge is 0.140 e. The summed E-state index contributed by atoms with van der Waals surface area (Å²) in [5, 5.41) is 0. The summed E-state index contributed by atoms with van der Waals surface area (Å²) in [6, 6.07) is 11.5. The molecule has 0 atom stereocenters. The lowest BCUT2D eigenvalue weighted by molar-refractivity contribution is 0.361. The van der Waals surface area contributed by atoms with Crippen molar-refractivity contribution in [3.63, 3.8) is 0 Å². The Bertz CT molecular complexity index is 588. The standard InChI is InChI=1S/C16H18O4S/c1-17-11-6-5-7-13(8-11)21-16-14(19-3)9-12(18-2)10-15(16)20-4/h5-10H,1-4H3. The van der Waals surface area contributed by atoms with Gasteiger partial charge in [-0.1, -0.05) is 17.8 Å². The van der Waals surface area contributed by atoms with Gasteiger partial charge in [-0.25, -0.2) is 0 Å². The average molecular weight is 306 g/mol. The van der Waals surface area contributed by atoms with Crippen LogP contribution in [-0.2, 0) is 0 Å². The Hall–Kier alpha value is -2.01. The minimum atomic E-state index is 0.693. The van der Waals surface area contributed by atoms with Crippen molar-refractivity contribution in [1.82, 2.24) is 0 Å². The van der Waals surface area contributed by atoms with E-state index in [2.05, 4.69) is 0 Å². The molecule has 2 aromatic rings. The van der Waals surface area contributed by atoms with Crippen molar-refractivity contribution in [3.05, 3.63) is 36.4 Å². The van der Waals surface area contributed by atoms with E-state index < -0.39 is 0 Å². The first-order chi connectivity index (χ1) is 10.2. The molecule has 0 saturated carbocycles. The van der Waals surface area contributed by atoms with Crippen molar-refractivity contribution in [2.24, 2.45) is 0 Å². The second-order valence-corrected chi connectivity index (χ2v) is 5.23. The largest absolute Gasteiger partial charge is 0.497 e. The summed E-state index contributed by atoms with van der Waals surface area (Å²) in [6.45, 7) is 0. The Kier molecular flexibility index (Phi) is 5.22. The molecule has 4 nitrogen and oxygen atoms in total. The van der Waals surface area contributed by atoms with Gasteiger partial charge in [-0.05, 0) is 18.2 Å². The van der Waals surface area contributed by atoms with Gasteiger partial charge in [-0.2, -0.15) is 0 Å². The van der Waals surface area contributed by atoms with E-state index in [1.54, 1.807) is 40.2 Å². The second-order valence-electron chi connectivity index (χ2n) is 4.14. The van der Waals surface area contributed by atoms with E-state index in [-0.39, 0.29) is 0 Å². The maximum Gasteiger partial charge on any atom is 0.140 e. The Balaban J connectivity index is 2.41. The maximum absolute atomic E-state index is 5.45. The van der Waals surface area contributed by atoms with Crippen molar-refractivity contribution in [3.8, 4) is 23.0 Å². The lowest BCUT2D eigenvalue weighted by atomic mass is 10.3. The minimum Gasteiger partial charge on any atom is -0.497 e. The molecule has 0 aliphatic rings. The molecule has 0 heterocycles. The van der Waals surface area contributed by atoms with Crippen LogP contribution >= 0.6 is 11.8 Å². The number of methoxy groups -OCH3 is 4. The van der Waals surface area contributed by atoms with Crippen molar-refractivity contribution >= 4 is 11.8 Å². The Morgan fingerprint density at radius 1 is 0.714 bits per heavy atom. The molecule has 0 bridgehead atoms. The number of hydrogen-bond donors (Lipinski definition) is 0. The fourth-order valence-electron chi connectivity index (χ4n) is 1.86. The van der Waals surface area contributed by atoms with Crippen molar-refractivity contribution < 1.29 is 18.9 Å². The molecular formula is C16H18O4S. The molecule has 0 unspecified atom stereocenters. The zero-order valence-electron chi connectivity index (χ0n) is 12.5. The highest BCUT2D eigenvalue weighted by atomic mass is 32.2. The molecule has 2 aromatic carbocycles. The number of ether oxygens (including phenoxy) is 4. The van der Waals surface area contributed by atoms with Crippen LogP contribution in [0.25, 0.3) is 0 Å². The Morgan fingerprint density at radius 3 is 1.86 bits per heavy atom. The molecule has 0 aliphatic carbocycles. The van der Waals surface area contributed by atoms with Crippen LogP contribution in [0, 0.1) is 0 Å². The van der Waals surface area contributed by atoms with E-state index in [4.69, 9.17) is 18.9 Å². The molecule has 0 radical (unpaired) electrons. The number of hydrogen-bond acceptors (Lipinski definition) is 5. The van der Waals surface area contributed by atoms with Crippen LogP contribution < -0.4 is 18.9 Å². The van der Waals surface area contributed by atoms with E-state index in [0.29, 0.717) is 17.2 Å². The predicted octanol–water partition coefficient (Wildman–Crippen LogP) is 3.87. The Morgan fingerprint density at radius 2 is 1.33 bits per heavy atom. The molecule has 0 spiro atoms. The zero-order valence-corrected chi connectivity index (χ0v) is 13.3. The molecule has 0 saturated heterocycles. The van der Waals surface area contributed by atoms with Crippen LogP contribution in [0.2, 0.25) is 0 Å². The fourth-order valence-corrected chi connectivity index (χ4v) is 2.90. The topological polar surface area (TPSA) is 36.9 Å². The number of rotatable bonds is 6. The molecule has 112 valence electrons. The van der Waals surface area contributed by atoms with Crippen LogP contribution in [0.15, 0.2) is 46.2 Å². The van der Waals surface area contributed by atoms with E-state index in [1.165, 1.54) is 0 Å². The highest BCUT2D eigenvalue weighted by molar-refractivity contribution is 7.99. The van der Waals surface area contributed by atoms with Gasteiger partial charge in [-0.3, -0.25) is 0 Å². The first-order valence-electron chi connectivity index (χ1n) is 6.33. The minimum absolute atomic E-state index is 0.693. The van der Waals surface area contributed by atoms with Crippen LogP contribution in [0.4, 0.5) is 0 Å². The van der Waals surface area contributed by atoms with Gasteiger partial charge in [0.1, 0.15) is 23.0 Å². The fraction of sp³-hybridized carbons (Fsp3) is 0.250. The zero-order chi connectivity index (χ0) is 15.2. The van der Waals surface area contributed by atoms with Gasteiger partial charge in [0.15, 0.2) is 0 Å². The highest BCUT2D eigenvalue weighted by Crippen LogP contribution is 2.44. The molecule has 0 aromatic heterocycles. The van der Waals surface area contributed by atoms with Crippen LogP contribution in [0.5, 0.6) is 23.0 Å². The second kappa shape index (κ2) is 7.13. The van der Waals surface area contributed by atoms with Crippen molar-refractivity contribution in [1.29, 1.82) is 0 Å². The first kappa shape index (κ1) is 15.4. The monoisotopic (exact) mass is 306 g/mol. The van der Waals surface area contributed by atoms with Gasteiger partial charge in [0.25, 0.3) is 0 Å². The van der Waals surface area contributed by atoms with E-state index in [0.717, 1.165) is 15.5 Å². The maximum atomic E-state index is 5.45. The van der Waals surface area contributed by atoms with Gasteiger partial charge in [-0.15, -0.1) is 0 Å². The predicted molar refractivity (Wildman–Crippen MR) is 83.2 cm³/mol. The highest BCUT2D eigenvalue weighted by Gasteiger charge is 2.15. The average Bonchev–Trinajstić information content (AvgIpc) is 2.55. The molecule has 0 N–H and O–H groups in total. The molecule has 0 aliphatic heterocycles. The van der Waals surface area contributed by atoms with Crippen LogP contribution in [0.3, 0.4) is 0 Å². The summed E-state index contributed by atoms with van der Waals surface area (Å²) in [7, 11) is 6.52. The molecule has 5 heteroatoms. The molecule has 0 fully saturated rings. The summed E-state index contributed by atoms with van der Waals surface area (Å²) in [4.78, 5) is 1.94. The summed E-state index contributed by atoms with van der Waals surface area (Å²) in [6.07, 6.45) is 0. The van der Waals surface area contributed by atoms with Gasteiger partial charge >= 0.3 is 0 Å². The van der Waals surface area contributed by atoms with E-state index in [1.807, 2.05) is 36.4 Å². The molecule has 2 rings (SSSR count). The van der Waals surface area contributed by atoms with Crippen molar-refractivity contribution in [2.75, 3.05) is 28.4 Å². The van der Waals surface area contributed by atoms with E-state index >= 15 is 0 Å². The van der Waals surface area contributed by atoms with Crippen LogP contribution in [0.1, 0.15) is 0 Å². The van der Waals surface area contributed by atoms with Gasteiger partial charge in [0, 0.05) is 17.0 Å². The number of benzene rings is 2. The van der Waals surface area contributed by atoms with E-state index in [9.17, 15) is 0 Å². The quantitative estimate of drug-likeness (QED) is 0.809. The summed E-state index contributed by atoms with van der Waals surface area (Å²) >= 11 is 1.55. The van der Waals surface area contributed by atoms with Gasteiger partial charge in [0.2, 0.25) is 0 Å². The molecular weight excluding hydrogens is 288 g/mol. The lowest BCUT2D eigenvalue weighted by Gasteiger charge is -2.14. The Labute approximate surface area is 129 Å². The summed E-state index contributed by atoms with van der Waals surface area (Å²) in [5.74, 6) is 2.92. The third kappa shape index (κ3) is 3.55. The lowest BCUT2D eigenvalue weighted by Crippen LogP contribution is -1.94. The molecule has 0 amide bonds. The molecule has 21 heavy (non-hydrogen) atoms. The van der Waals surface area contributed by atoms with Crippen LogP contribution in [-0.4, -0.2) is 28.4 Å². The van der Waals surface area contributed by atoms with Gasteiger partial charge in [0.05, 0.1) is 33.3 Å². The normalized spacial score (nSPS) is 10.1. The SMILES string of the molecule is COc1cccc(Sc2c(OC)cc(OC)cc2OC)c1. The third-order valence-electron chi connectivity index (χ3n) is 2.93. The van der Waals surface area contributed by atoms with Crippen molar-refractivity contribution in [2.45, 2.75) is 9.79 Å². The summed E-state index contributed by atoms with van der Waals surface area (Å²) in [5.41, 5.74) is 0. The summed E-state index contributed by atoms with van der Waals surface area (Å²) < 4.78 is 21.4. The van der Waals surface area contributed by atoms with Gasteiger partial charge < -0.3 is 18.9 Å². The third-order valence-corrected chi connectivity index (χ3v) is 4.03.